The van der Waals surface area contributed by atoms with Crippen LogP contribution in [-0.4, -0.2) is 13.0 Å². The molecule has 2 aromatic rings. The molecule has 0 heterocycles. The minimum Gasteiger partial charge on any atom is -0.282 e. The summed E-state index contributed by atoms with van der Waals surface area (Å²) < 4.78 is 32.2. The van der Waals surface area contributed by atoms with Crippen LogP contribution in [-0.2, 0) is 16.5 Å². The Hall–Kier alpha value is -1.39. The highest BCUT2D eigenvalue weighted by atomic mass is 32.2. The van der Waals surface area contributed by atoms with Gasteiger partial charge in [0, 0.05) is 5.39 Å². The molecular weight excluding hydrogens is 284 g/mol. The van der Waals surface area contributed by atoms with Crippen LogP contribution in [0.5, 0.6) is 0 Å². The first-order valence-electron chi connectivity index (χ1n) is 7.52. The molecule has 0 saturated heterocycles. The summed E-state index contributed by atoms with van der Waals surface area (Å²) in [6.45, 7) is 2.20. The quantitative estimate of drug-likeness (QED) is 0.601. The summed E-state index contributed by atoms with van der Waals surface area (Å²) in [5, 5.41) is 1.52. The van der Waals surface area contributed by atoms with Crippen LogP contribution in [0.3, 0.4) is 0 Å². The van der Waals surface area contributed by atoms with E-state index in [2.05, 4.69) is 6.92 Å². The van der Waals surface area contributed by atoms with Crippen molar-refractivity contribution in [2.45, 2.75) is 50.3 Å². The van der Waals surface area contributed by atoms with Crippen molar-refractivity contribution in [2.24, 2.45) is 0 Å². The standard InChI is InChI=1S/C17H22O3S/c1-2-3-4-5-6-9-14-12-13-17(21(18,19)20)16-11-8-7-10-15(14)16/h7-8,10-13H,2-6,9H2,1H3,(H,18,19,20). The molecule has 2 rings (SSSR count). The Kier molecular flexibility index (Phi) is 5.37. The molecule has 0 radical (unpaired) electrons. The predicted octanol–water partition coefficient (Wildman–Crippen LogP) is 4.60. The fourth-order valence-corrected chi connectivity index (χ4v) is 3.39. The number of hydrogen-bond acceptors (Lipinski definition) is 2. The van der Waals surface area contributed by atoms with E-state index in [0.717, 1.165) is 23.8 Å². The number of benzene rings is 2. The van der Waals surface area contributed by atoms with Crippen molar-refractivity contribution in [3.05, 3.63) is 42.0 Å². The molecule has 0 bridgehead atoms. The van der Waals surface area contributed by atoms with Crippen molar-refractivity contribution >= 4 is 20.9 Å². The molecule has 0 amide bonds. The smallest absolute Gasteiger partial charge is 0.282 e. The van der Waals surface area contributed by atoms with Crippen molar-refractivity contribution in [3.63, 3.8) is 0 Å². The highest BCUT2D eigenvalue weighted by molar-refractivity contribution is 7.86. The molecule has 3 nitrogen and oxygen atoms in total. The molecule has 0 aliphatic rings. The summed E-state index contributed by atoms with van der Waals surface area (Å²) in [6.07, 6.45) is 6.99. The molecule has 0 saturated carbocycles. The van der Waals surface area contributed by atoms with E-state index in [0.29, 0.717) is 5.39 Å². The van der Waals surface area contributed by atoms with Gasteiger partial charge < -0.3 is 0 Å². The van der Waals surface area contributed by atoms with Crippen molar-refractivity contribution in [2.75, 3.05) is 0 Å². The zero-order valence-corrected chi connectivity index (χ0v) is 13.2. The Morgan fingerprint density at radius 3 is 2.24 bits per heavy atom. The Morgan fingerprint density at radius 1 is 0.905 bits per heavy atom. The van der Waals surface area contributed by atoms with Gasteiger partial charge in [-0.1, -0.05) is 62.9 Å². The second kappa shape index (κ2) is 7.05. The summed E-state index contributed by atoms with van der Waals surface area (Å²) in [5.41, 5.74) is 1.15. The second-order valence-electron chi connectivity index (χ2n) is 5.41. The molecule has 0 aliphatic carbocycles. The summed E-state index contributed by atoms with van der Waals surface area (Å²) in [6, 6.07) is 10.7. The third-order valence-electron chi connectivity index (χ3n) is 3.80. The molecular formula is C17H22O3S. The minimum atomic E-state index is -4.18. The van der Waals surface area contributed by atoms with Crippen molar-refractivity contribution in [3.8, 4) is 0 Å². The van der Waals surface area contributed by atoms with E-state index < -0.39 is 10.1 Å². The molecule has 0 fully saturated rings. The van der Waals surface area contributed by atoms with Gasteiger partial charge in [-0.15, -0.1) is 0 Å². The summed E-state index contributed by atoms with van der Waals surface area (Å²) in [7, 11) is -4.18. The van der Waals surface area contributed by atoms with Gasteiger partial charge in [0.2, 0.25) is 0 Å². The van der Waals surface area contributed by atoms with Crippen LogP contribution in [0.25, 0.3) is 10.8 Å². The van der Waals surface area contributed by atoms with Gasteiger partial charge in [0.05, 0.1) is 0 Å². The van der Waals surface area contributed by atoms with E-state index in [1.807, 2.05) is 18.2 Å². The first-order valence-corrected chi connectivity index (χ1v) is 8.96. The van der Waals surface area contributed by atoms with Gasteiger partial charge in [0.15, 0.2) is 0 Å². The van der Waals surface area contributed by atoms with E-state index in [1.54, 1.807) is 12.1 Å². The molecule has 1 N–H and O–H groups in total. The van der Waals surface area contributed by atoms with E-state index in [1.165, 1.54) is 31.7 Å². The van der Waals surface area contributed by atoms with Crippen LogP contribution >= 0.6 is 0 Å². The summed E-state index contributed by atoms with van der Waals surface area (Å²) in [4.78, 5) is -0.00664. The first-order chi connectivity index (χ1) is 10.0. The molecule has 0 aliphatic heterocycles. The average molecular weight is 306 g/mol. The third kappa shape index (κ3) is 4.05. The molecule has 2 aromatic carbocycles. The third-order valence-corrected chi connectivity index (χ3v) is 4.71. The van der Waals surface area contributed by atoms with E-state index in [9.17, 15) is 13.0 Å². The van der Waals surface area contributed by atoms with E-state index in [-0.39, 0.29) is 4.90 Å². The lowest BCUT2D eigenvalue weighted by Gasteiger charge is -2.09. The first kappa shape index (κ1) is 16.0. The number of hydrogen-bond donors (Lipinski definition) is 1. The normalized spacial score (nSPS) is 11.9. The Morgan fingerprint density at radius 2 is 1.57 bits per heavy atom. The molecule has 0 spiro atoms. The zero-order chi connectivity index (χ0) is 15.3. The van der Waals surface area contributed by atoms with E-state index in [4.69, 9.17) is 0 Å². The summed E-state index contributed by atoms with van der Waals surface area (Å²) >= 11 is 0. The number of unbranched alkanes of at least 4 members (excludes halogenated alkanes) is 4. The molecule has 114 valence electrons. The maximum Gasteiger partial charge on any atom is 0.295 e. The van der Waals surface area contributed by atoms with Crippen LogP contribution in [0.4, 0.5) is 0 Å². The molecule has 4 heteroatoms. The van der Waals surface area contributed by atoms with Gasteiger partial charge in [-0.3, -0.25) is 4.55 Å². The molecule has 0 aromatic heterocycles. The van der Waals surface area contributed by atoms with Gasteiger partial charge in [-0.25, -0.2) is 0 Å². The van der Waals surface area contributed by atoms with Crippen molar-refractivity contribution in [1.82, 2.24) is 0 Å². The largest absolute Gasteiger partial charge is 0.295 e. The minimum absolute atomic E-state index is 0.00664. The van der Waals surface area contributed by atoms with E-state index >= 15 is 0 Å². The van der Waals surface area contributed by atoms with Crippen molar-refractivity contribution < 1.29 is 13.0 Å². The van der Waals surface area contributed by atoms with Crippen molar-refractivity contribution in [1.29, 1.82) is 0 Å². The fraction of sp³-hybridized carbons (Fsp3) is 0.412. The average Bonchev–Trinajstić information content (AvgIpc) is 2.45. The lowest BCUT2D eigenvalue weighted by molar-refractivity contribution is 0.484. The fourth-order valence-electron chi connectivity index (χ4n) is 2.70. The lowest BCUT2D eigenvalue weighted by Crippen LogP contribution is -2.00. The number of rotatable bonds is 7. The number of aryl methyl sites for hydroxylation is 1. The van der Waals surface area contributed by atoms with Gasteiger partial charge in [0.1, 0.15) is 4.90 Å². The highest BCUT2D eigenvalue weighted by Gasteiger charge is 2.15. The zero-order valence-electron chi connectivity index (χ0n) is 12.4. The Labute approximate surface area is 126 Å². The topological polar surface area (TPSA) is 54.4 Å². The molecule has 0 unspecified atom stereocenters. The van der Waals surface area contributed by atoms with Gasteiger partial charge in [-0.05, 0) is 29.9 Å². The molecule has 0 atom stereocenters. The predicted molar refractivity (Wildman–Crippen MR) is 86.2 cm³/mol. The monoisotopic (exact) mass is 306 g/mol. The van der Waals surface area contributed by atoms with Crippen LogP contribution in [0.1, 0.15) is 44.6 Å². The van der Waals surface area contributed by atoms with Crippen LogP contribution < -0.4 is 0 Å². The van der Waals surface area contributed by atoms with Crippen LogP contribution in [0.15, 0.2) is 41.3 Å². The molecule has 21 heavy (non-hydrogen) atoms. The Balaban J connectivity index is 2.26. The van der Waals surface area contributed by atoms with Crippen LogP contribution in [0, 0.1) is 0 Å². The second-order valence-corrected chi connectivity index (χ2v) is 6.80. The lowest BCUT2D eigenvalue weighted by atomic mass is 9.99. The Bertz CT molecular complexity index is 705. The maximum absolute atomic E-state index is 11.4. The highest BCUT2D eigenvalue weighted by Crippen LogP contribution is 2.27. The van der Waals surface area contributed by atoms with Crippen LogP contribution in [0.2, 0.25) is 0 Å². The maximum atomic E-state index is 11.4. The van der Waals surface area contributed by atoms with Gasteiger partial charge in [0.25, 0.3) is 10.1 Å². The van der Waals surface area contributed by atoms with Gasteiger partial charge >= 0.3 is 0 Å². The van der Waals surface area contributed by atoms with Gasteiger partial charge in [-0.2, -0.15) is 8.42 Å². The SMILES string of the molecule is CCCCCCCc1ccc(S(=O)(=O)O)c2ccccc12. The number of fused-ring (bicyclic) bond motifs is 1. The summed E-state index contributed by atoms with van der Waals surface area (Å²) in [5.74, 6) is 0.